The fourth-order valence-corrected chi connectivity index (χ4v) is 3.49. The number of anilines is 1. The third kappa shape index (κ3) is 5.68. The molecule has 1 aliphatic heterocycles. The van der Waals surface area contributed by atoms with Crippen molar-refractivity contribution in [2.24, 2.45) is 0 Å². The van der Waals surface area contributed by atoms with Crippen molar-refractivity contribution in [1.82, 2.24) is 10.2 Å². The van der Waals surface area contributed by atoms with Gasteiger partial charge in [0.15, 0.2) is 0 Å². The van der Waals surface area contributed by atoms with Gasteiger partial charge in [0, 0.05) is 43.4 Å². The van der Waals surface area contributed by atoms with Crippen LogP contribution in [0.2, 0.25) is 5.02 Å². The van der Waals surface area contributed by atoms with Gasteiger partial charge < -0.3 is 10.2 Å². The minimum absolute atomic E-state index is 0.0319. The molecule has 0 bridgehead atoms. The Morgan fingerprint density at radius 3 is 2.52 bits per heavy atom. The Morgan fingerprint density at radius 2 is 1.81 bits per heavy atom. The van der Waals surface area contributed by atoms with Crippen molar-refractivity contribution in [3.63, 3.8) is 0 Å². The summed E-state index contributed by atoms with van der Waals surface area (Å²) in [6.07, 6.45) is 0.702. The number of carbonyl (C=O) groups is 1. The third-order valence-corrected chi connectivity index (χ3v) is 5.14. The summed E-state index contributed by atoms with van der Waals surface area (Å²) < 4.78 is 12.9. The number of nitrogens with zero attached hydrogens (tertiary/aromatic N) is 2. The van der Waals surface area contributed by atoms with E-state index in [1.807, 2.05) is 18.2 Å². The smallest absolute Gasteiger partial charge is 0.234 e. The average Bonchev–Trinajstić information content (AvgIpc) is 2.66. The van der Waals surface area contributed by atoms with Gasteiger partial charge in [0.05, 0.1) is 6.54 Å². The predicted octanol–water partition coefficient (Wildman–Crippen LogP) is 3.27. The number of aryl methyl sites for hydroxylation is 1. The van der Waals surface area contributed by atoms with Crippen LogP contribution in [-0.2, 0) is 11.2 Å². The Labute approximate surface area is 164 Å². The summed E-state index contributed by atoms with van der Waals surface area (Å²) in [5.41, 5.74) is 3.40. The van der Waals surface area contributed by atoms with Gasteiger partial charge in [-0.3, -0.25) is 9.69 Å². The van der Waals surface area contributed by atoms with Gasteiger partial charge in [-0.15, -0.1) is 0 Å². The van der Waals surface area contributed by atoms with Gasteiger partial charge in [0.25, 0.3) is 0 Å². The standard InChI is InChI=1S/C21H25ClFN3O/c1-16-2-5-18(22)14-20(16)26-12-10-25(11-13-26)15-21(27)24-9-8-17-3-6-19(23)7-4-17/h2-7,14H,8-13,15H2,1H3,(H,24,27). The van der Waals surface area contributed by atoms with Gasteiger partial charge >= 0.3 is 0 Å². The molecule has 0 unspecified atom stereocenters. The Bertz CT molecular complexity index is 773. The van der Waals surface area contributed by atoms with Crippen LogP contribution in [-0.4, -0.2) is 50.1 Å². The monoisotopic (exact) mass is 389 g/mol. The number of halogens is 2. The van der Waals surface area contributed by atoms with E-state index in [0.717, 1.165) is 36.8 Å². The minimum atomic E-state index is -0.241. The number of amides is 1. The largest absolute Gasteiger partial charge is 0.369 e. The van der Waals surface area contributed by atoms with E-state index in [-0.39, 0.29) is 11.7 Å². The van der Waals surface area contributed by atoms with E-state index in [9.17, 15) is 9.18 Å². The molecule has 0 spiro atoms. The highest BCUT2D eigenvalue weighted by Crippen LogP contribution is 2.25. The maximum Gasteiger partial charge on any atom is 0.234 e. The summed E-state index contributed by atoms with van der Waals surface area (Å²) >= 11 is 6.13. The van der Waals surface area contributed by atoms with Crippen molar-refractivity contribution in [1.29, 1.82) is 0 Å². The molecule has 4 nitrogen and oxygen atoms in total. The van der Waals surface area contributed by atoms with Gasteiger partial charge in [-0.1, -0.05) is 29.8 Å². The first kappa shape index (κ1) is 19.6. The molecule has 1 saturated heterocycles. The summed E-state index contributed by atoms with van der Waals surface area (Å²) in [4.78, 5) is 16.7. The van der Waals surface area contributed by atoms with Crippen LogP contribution in [0.15, 0.2) is 42.5 Å². The molecule has 0 atom stereocenters. The second-order valence-corrected chi connectivity index (χ2v) is 7.36. The molecule has 2 aromatic carbocycles. The molecular formula is C21H25ClFN3O. The van der Waals surface area contributed by atoms with E-state index in [1.165, 1.54) is 23.4 Å². The first-order chi connectivity index (χ1) is 13.0. The molecule has 0 aliphatic carbocycles. The topological polar surface area (TPSA) is 35.6 Å². The highest BCUT2D eigenvalue weighted by Gasteiger charge is 2.20. The van der Waals surface area contributed by atoms with Crippen LogP contribution in [0.5, 0.6) is 0 Å². The third-order valence-electron chi connectivity index (χ3n) is 4.90. The van der Waals surface area contributed by atoms with Gasteiger partial charge in [-0.05, 0) is 48.7 Å². The molecule has 0 radical (unpaired) electrons. The number of hydrogen-bond acceptors (Lipinski definition) is 3. The maximum absolute atomic E-state index is 12.9. The van der Waals surface area contributed by atoms with Crippen LogP contribution >= 0.6 is 11.6 Å². The summed E-state index contributed by atoms with van der Waals surface area (Å²) in [6.45, 7) is 6.51. The zero-order valence-corrected chi connectivity index (χ0v) is 16.3. The normalized spacial score (nSPS) is 15.0. The molecule has 2 aromatic rings. The molecule has 6 heteroatoms. The molecule has 3 rings (SSSR count). The van der Waals surface area contributed by atoms with E-state index in [0.29, 0.717) is 19.5 Å². The molecule has 1 N–H and O–H groups in total. The molecule has 27 heavy (non-hydrogen) atoms. The van der Waals surface area contributed by atoms with Crippen molar-refractivity contribution in [2.45, 2.75) is 13.3 Å². The van der Waals surface area contributed by atoms with Crippen molar-refractivity contribution >= 4 is 23.2 Å². The highest BCUT2D eigenvalue weighted by molar-refractivity contribution is 6.30. The van der Waals surface area contributed by atoms with E-state index in [2.05, 4.69) is 22.0 Å². The summed E-state index contributed by atoms with van der Waals surface area (Å²) in [5.74, 6) is -0.209. The molecule has 1 amide bonds. The van der Waals surface area contributed by atoms with Crippen molar-refractivity contribution < 1.29 is 9.18 Å². The number of carbonyl (C=O) groups excluding carboxylic acids is 1. The van der Waals surface area contributed by atoms with E-state index in [1.54, 1.807) is 12.1 Å². The number of benzene rings is 2. The lowest BCUT2D eigenvalue weighted by atomic mass is 10.1. The second-order valence-electron chi connectivity index (χ2n) is 6.92. The number of hydrogen-bond donors (Lipinski definition) is 1. The van der Waals surface area contributed by atoms with E-state index >= 15 is 0 Å². The summed E-state index contributed by atoms with van der Waals surface area (Å²) in [5, 5.41) is 3.70. The lowest BCUT2D eigenvalue weighted by Crippen LogP contribution is -2.49. The first-order valence-electron chi connectivity index (χ1n) is 9.26. The van der Waals surface area contributed by atoms with Crippen LogP contribution in [0.25, 0.3) is 0 Å². The zero-order valence-electron chi connectivity index (χ0n) is 15.5. The van der Waals surface area contributed by atoms with Gasteiger partial charge in [-0.25, -0.2) is 4.39 Å². The molecule has 0 saturated carbocycles. The summed E-state index contributed by atoms with van der Waals surface area (Å²) in [6, 6.07) is 12.3. The van der Waals surface area contributed by atoms with Crippen LogP contribution in [0.3, 0.4) is 0 Å². The predicted molar refractivity (Wildman–Crippen MR) is 108 cm³/mol. The summed E-state index contributed by atoms with van der Waals surface area (Å²) in [7, 11) is 0. The fourth-order valence-electron chi connectivity index (χ4n) is 3.33. The first-order valence-corrected chi connectivity index (χ1v) is 9.63. The molecular weight excluding hydrogens is 365 g/mol. The fraction of sp³-hybridized carbons (Fsp3) is 0.381. The SMILES string of the molecule is Cc1ccc(Cl)cc1N1CCN(CC(=O)NCCc2ccc(F)cc2)CC1. The minimum Gasteiger partial charge on any atom is -0.369 e. The van der Waals surface area contributed by atoms with Crippen molar-refractivity contribution in [3.8, 4) is 0 Å². The lowest BCUT2D eigenvalue weighted by molar-refractivity contribution is -0.122. The second kappa shape index (κ2) is 9.20. The Kier molecular flexibility index (Phi) is 6.69. The maximum atomic E-state index is 12.9. The number of rotatable bonds is 6. The van der Waals surface area contributed by atoms with Crippen LogP contribution in [0, 0.1) is 12.7 Å². The Hall–Kier alpha value is -2.11. The Balaban J connectivity index is 1.40. The Morgan fingerprint density at radius 1 is 1.11 bits per heavy atom. The molecule has 1 fully saturated rings. The lowest BCUT2D eigenvalue weighted by Gasteiger charge is -2.36. The van der Waals surface area contributed by atoms with Crippen LogP contribution in [0.4, 0.5) is 10.1 Å². The molecule has 1 heterocycles. The van der Waals surface area contributed by atoms with Gasteiger partial charge in [0.2, 0.25) is 5.91 Å². The molecule has 0 aromatic heterocycles. The van der Waals surface area contributed by atoms with E-state index in [4.69, 9.17) is 11.6 Å². The van der Waals surface area contributed by atoms with Crippen molar-refractivity contribution in [2.75, 3.05) is 44.2 Å². The number of piperazine rings is 1. The zero-order chi connectivity index (χ0) is 19.2. The van der Waals surface area contributed by atoms with Crippen LogP contribution in [0.1, 0.15) is 11.1 Å². The van der Waals surface area contributed by atoms with Crippen molar-refractivity contribution in [3.05, 3.63) is 64.4 Å². The van der Waals surface area contributed by atoms with Gasteiger partial charge in [-0.2, -0.15) is 0 Å². The van der Waals surface area contributed by atoms with Gasteiger partial charge in [0.1, 0.15) is 5.82 Å². The molecule has 1 aliphatic rings. The molecule has 144 valence electrons. The van der Waals surface area contributed by atoms with E-state index < -0.39 is 0 Å². The quantitative estimate of drug-likeness (QED) is 0.823. The average molecular weight is 390 g/mol. The number of nitrogens with one attached hydrogen (secondary N) is 1. The van der Waals surface area contributed by atoms with Crippen LogP contribution < -0.4 is 10.2 Å². The highest BCUT2D eigenvalue weighted by atomic mass is 35.5.